The Morgan fingerprint density at radius 3 is 0.577 bits per heavy atom. The van der Waals surface area contributed by atoms with Crippen LogP contribution in [0.15, 0.2) is 0 Å². The molecule has 0 aromatic heterocycles. The molecule has 0 aliphatic rings. The summed E-state index contributed by atoms with van der Waals surface area (Å²) in [6.07, 6.45) is 0. The van der Waals surface area contributed by atoms with Gasteiger partial charge in [-0.3, -0.25) is 0 Å². The lowest BCUT2D eigenvalue weighted by Gasteiger charge is -2.34. The molecule has 0 spiro atoms. The highest BCUT2D eigenvalue weighted by Gasteiger charge is 2.16. The Bertz CT molecular complexity index is 251. The van der Waals surface area contributed by atoms with Crippen LogP contribution >= 0.6 is 0 Å². The molecule has 0 unspecified atom stereocenters. The van der Waals surface area contributed by atoms with Crippen LogP contribution < -0.4 is 10.2 Å². The van der Waals surface area contributed by atoms with Crippen molar-refractivity contribution in [1.82, 2.24) is 0 Å². The van der Waals surface area contributed by atoms with Gasteiger partial charge in [-0.1, -0.05) is 0 Å². The Hall–Kier alpha value is -1.14. The Kier molecular flexibility index (Phi) is 25.2. The molecular weight excluding hydrogens is 332 g/mol. The normalized spacial score (nSPS) is 10.2. The van der Waals surface area contributed by atoms with Crippen molar-refractivity contribution in [3.8, 4) is 0 Å². The second-order valence-electron chi connectivity index (χ2n) is 6.20. The number of carbonyl (C=O) groups excluding carboxylic acids is 2. The van der Waals surface area contributed by atoms with Gasteiger partial charge in [0.25, 0.3) is 0 Å². The van der Waals surface area contributed by atoms with Crippen LogP contribution in [0.1, 0.15) is 69.2 Å². The summed E-state index contributed by atoms with van der Waals surface area (Å²) >= 11 is 0. The van der Waals surface area contributed by atoms with Gasteiger partial charge in [-0.2, -0.15) is 0 Å². The Morgan fingerprint density at radius 2 is 0.577 bits per heavy atom. The largest absolute Gasteiger partial charge is 0.550 e. The topological polar surface area (TPSA) is 80.3 Å². The lowest BCUT2D eigenvalue weighted by atomic mass is 10.3. The lowest BCUT2D eigenvalue weighted by molar-refractivity contribution is -0.921. The van der Waals surface area contributed by atoms with Crippen molar-refractivity contribution >= 4 is 11.9 Å². The van der Waals surface area contributed by atoms with Gasteiger partial charge in [0.15, 0.2) is 0 Å². The minimum absolute atomic E-state index is 0.972. The summed E-state index contributed by atoms with van der Waals surface area (Å²) < 4.78 is 2.56. The van der Waals surface area contributed by atoms with Gasteiger partial charge >= 0.3 is 0 Å². The number of carbonyl (C=O) groups is 2. The second kappa shape index (κ2) is 20.2. The van der Waals surface area contributed by atoms with Gasteiger partial charge in [0.05, 0.1) is 52.4 Å². The maximum Gasteiger partial charge on any atom is 0.0757 e. The fourth-order valence-corrected chi connectivity index (χ4v) is 2.68. The van der Waals surface area contributed by atoms with Crippen LogP contribution in [0.25, 0.3) is 0 Å². The lowest BCUT2D eigenvalue weighted by Crippen LogP contribution is -2.47. The molecule has 0 rings (SSSR count). The molecule has 26 heavy (non-hydrogen) atoms. The van der Waals surface area contributed by atoms with E-state index in [0.717, 1.165) is 13.8 Å². The van der Waals surface area contributed by atoms with E-state index in [9.17, 15) is 0 Å². The van der Waals surface area contributed by atoms with Crippen molar-refractivity contribution in [1.29, 1.82) is 0 Å². The first-order valence-corrected chi connectivity index (χ1v) is 10.0. The van der Waals surface area contributed by atoms with Gasteiger partial charge in [-0.05, 0) is 69.2 Å². The summed E-state index contributed by atoms with van der Waals surface area (Å²) in [6.45, 7) is 30.4. The Balaban J connectivity index is -0.000000134. The van der Waals surface area contributed by atoms with Gasteiger partial charge in [0, 0.05) is 11.9 Å². The van der Waals surface area contributed by atoms with E-state index in [1.807, 2.05) is 0 Å². The SMILES string of the molecule is CC(=O)[O-].CC(=O)[O-].CC[N+](CC)(CC)CC.CC[N+](CC)(CC)CC. The summed E-state index contributed by atoms with van der Waals surface area (Å²) in [4.78, 5) is 17.8. The summed E-state index contributed by atoms with van der Waals surface area (Å²) in [5.41, 5.74) is 0. The van der Waals surface area contributed by atoms with Crippen LogP contribution in [0.4, 0.5) is 0 Å². The first-order valence-electron chi connectivity index (χ1n) is 10.0. The third-order valence-electron chi connectivity index (χ3n) is 5.37. The van der Waals surface area contributed by atoms with Gasteiger partial charge in [0.1, 0.15) is 0 Å². The summed E-state index contributed by atoms with van der Waals surface area (Å²) in [7, 11) is 0. The summed E-state index contributed by atoms with van der Waals surface area (Å²) in [5, 5.41) is 17.8. The summed E-state index contributed by atoms with van der Waals surface area (Å²) in [6, 6.07) is 0. The van der Waals surface area contributed by atoms with E-state index in [4.69, 9.17) is 19.8 Å². The van der Waals surface area contributed by atoms with Gasteiger partial charge < -0.3 is 28.8 Å². The van der Waals surface area contributed by atoms with E-state index in [0.29, 0.717) is 0 Å². The molecule has 0 aliphatic carbocycles. The van der Waals surface area contributed by atoms with Crippen molar-refractivity contribution in [2.24, 2.45) is 0 Å². The number of hydrogen-bond donors (Lipinski definition) is 0. The predicted octanol–water partition coefficient (Wildman–Crippen LogP) is 1.28. The molecular formula is C20H46N2O4. The average molecular weight is 379 g/mol. The van der Waals surface area contributed by atoms with Crippen LogP contribution in [-0.4, -0.2) is 73.3 Å². The molecule has 0 aromatic carbocycles. The van der Waals surface area contributed by atoms with Gasteiger partial charge in [0.2, 0.25) is 0 Å². The number of hydrogen-bond acceptors (Lipinski definition) is 4. The predicted molar refractivity (Wildman–Crippen MR) is 106 cm³/mol. The smallest absolute Gasteiger partial charge is 0.0757 e. The first-order chi connectivity index (χ1) is 11.9. The highest BCUT2D eigenvalue weighted by molar-refractivity contribution is 5.60. The molecule has 0 saturated carbocycles. The number of rotatable bonds is 8. The van der Waals surface area contributed by atoms with Gasteiger partial charge in [-0.15, -0.1) is 0 Å². The van der Waals surface area contributed by atoms with E-state index < -0.39 is 11.9 Å². The van der Waals surface area contributed by atoms with E-state index >= 15 is 0 Å². The molecule has 0 aromatic rings. The van der Waals surface area contributed by atoms with Crippen molar-refractivity contribution in [2.75, 3.05) is 52.4 Å². The zero-order valence-electron chi connectivity index (χ0n) is 19.2. The second-order valence-corrected chi connectivity index (χ2v) is 6.20. The number of quaternary nitrogens is 2. The minimum Gasteiger partial charge on any atom is -0.550 e. The van der Waals surface area contributed by atoms with Crippen LogP contribution in [-0.2, 0) is 9.59 Å². The summed E-state index contributed by atoms with van der Waals surface area (Å²) in [5.74, 6) is -2.17. The molecule has 0 fully saturated rings. The highest BCUT2D eigenvalue weighted by atomic mass is 16.4. The highest BCUT2D eigenvalue weighted by Crippen LogP contribution is 2.03. The quantitative estimate of drug-likeness (QED) is 0.596. The molecule has 0 amide bonds. The Morgan fingerprint density at radius 1 is 0.500 bits per heavy atom. The first kappa shape index (κ1) is 32.5. The van der Waals surface area contributed by atoms with Crippen LogP contribution in [0, 0.1) is 0 Å². The van der Waals surface area contributed by atoms with Crippen molar-refractivity contribution in [3.63, 3.8) is 0 Å². The zero-order chi connectivity index (χ0) is 21.8. The molecule has 0 heterocycles. The van der Waals surface area contributed by atoms with Gasteiger partial charge in [-0.25, -0.2) is 0 Å². The molecule has 6 nitrogen and oxygen atoms in total. The number of carboxylic acids is 2. The fourth-order valence-electron chi connectivity index (χ4n) is 2.68. The zero-order valence-corrected chi connectivity index (χ0v) is 19.2. The minimum atomic E-state index is -1.08. The van der Waals surface area contributed by atoms with E-state index in [2.05, 4.69) is 55.4 Å². The third-order valence-corrected chi connectivity index (χ3v) is 5.37. The van der Waals surface area contributed by atoms with Crippen LogP contribution in [0.5, 0.6) is 0 Å². The number of carboxylic acid groups (broad SMARTS) is 2. The number of nitrogens with zero attached hydrogens (tertiary/aromatic N) is 2. The fraction of sp³-hybridized carbons (Fsp3) is 0.900. The Labute approximate surface area is 163 Å². The monoisotopic (exact) mass is 378 g/mol. The molecule has 0 radical (unpaired) electrons. The number of aliphatic carboxylic acids is 2. The third kappa shape index (κ3) is 20.9. The molecule has 6 heteroatoms. The van der Waals surface area contributed by atoms with E-state index in [1.54, 1.807) is 0 Å². The molecule has 0 atom stereocenters. The van der Waals surface area contributed by atoms with Crippen LogP contribution in [0.2, 0.25) is 0 Å². The molecule has 0 saturated heterocycles. The van der Waals surface area contributed by atoms with E-state index in [-0.39, 0.29) is 0 Å². The maximum absolute atomic E-state index is 8.89. The average Bonchev–Trinajstić information content (AvgIpc) is 2.60. The van der Waals surface area contributed by atoms with Crippen molar-refractivity contribution < 1.29 is 28.8 Å². The molecule has 160 valence electrons. The van der Waals surface area contributed by atoms with Crippen molar-refractivity contribution in [3.05, 3.63) is 0 Å². The maximum atomic E-state index is 8.89. The van der Waals surface area contributed by atoms with Crippen LogP contribution in [0.3, 0.4) is 0 Å². The van der Waals surface area contributed by atoms with Crippen molar-refractivity contribution in [2.45, 2.75) is 69.2 Å². The molecule has 0 aliphatic heterocycles. The molecule has 0 bridgehead atoms. The van der Waals surface area contributed by atoms with E-state index in [1.165, 1.54) is 61.3 Å². The molecule has 0 N–H and O–H groups in total. The standard InChI is InChI=1S/2C8H20N.2C2H4O2/c2*1-5-9(6-2,7-3)8-4;2*1-2(3)4/h2*5-8H2,1-4H3;2*1H3,(H,3,4)/q2*+1;;/p-2.